The van der Waals surface area contributed by atoms with Crippen LogP contribution in [-0.4, -0.2) is 44.4 Å². The van der Waals surface area contributed by atoms with E-state index in [4.69, 9.17) is 15.2 Å². The van der Waals surface area contributed by atoms with Crippen molar-refractivity contribution in [3.8, 4) is 0 Å². The van der Waals surface area contributed by atoms with Crippen molar-refractivity contribution in [2.45, 2.75) is 31.2 Å². The van der Waals surface area contributed by atoms with Crippen molar-refractivity contribution >= 4 is 5.91 Å². The van der Waals surface area contributed by atoms with Gasteiger partial charge in [-0.25, -0.2) is 0 Å². The average molecular weight is 242 g/mol. The highest BCUT2D eigenvalue weighted by molar-refractivity contribution is 5.86. The molecule has 0 aliphatic carbocycles. The smallest absolute Gasteiger partial charge is 0.240 e. The molecule has 2 heterocycles. The lowest BCUT2D eigenvalue weighted by atomic mass is 9.90. The summed E-state index contributed by atoms with van der Waals surface area (Å²) in [5.74, 6) is 0.517. The van der Waals surface area contributed by atoms with Gasteiger partial charge in [-0.15, -0.1) is 0 Å². The predicted molar refractivity (Wildman–Crippen MR) is 63.5 cm³/mol. The zero-order valence-corrected chi connectivity index (χ0v) is 10.2. The van der Waals surface area contributed by atoms with Gasteiger partial charge < -0.3 is 20.5 Å². The molecule has 0 unspecified atom stereocenters. The molecule has 0 spiro atoms. The summed E-state index contributed by atoms with van der Waals surface area (Å²) in [7, 11) is 0. The first-order valence-corrected chi connectivity index (χ1v) is 6.43. The van der Waals surface area contributed by atoms with Gasteiger partial charge in [-0.2, -0.15) is 0 Å². The Bertz CT molecular complexity index is 258. The van der Waals surface area contributed by atoms with E-state index in [-0.39, 0.29) is 5.91 Å². The molecule has 2 aliphatic heterocycles. The van der Waals surface area contributed by atoms with Gasteiger partial charge >= 0.3 is 0 Å². The highest BCUT2D eigenvalue weighted by atomic mass is 16.5. The molecule has 0 aromatic rings. The number of nitrogens with one attached hydrogen (secondary N) is 1. The van der Waals surface area contributed by atoms with E-state index in [0.29, 0.717) is 32.0 Å². The van der Waals surface area contributed by atoms with Gasteiger partial charge in [0.25, 0.3) is 0 Å². The van der Waals surface area contributed by atoms with Crippen LogP contribution in [0.5, 0.6) is 0 Å². The van der Waals surface area contributed by atoms with Crippen molar-refractivity contribution in [2.75, 3.05) is 33.0 Å². The molecule has 0 radical (unpaired) electrons. The largest absolute Gasteiger partial charge is 0.381 e. The van der Waals surface area contributed by atoms with Crippen molar-refractivity contribution in [3.05, 3.63) is 0 Å². The Balaban J connectivity index is 1.75. The van der Waals surface area contributed by atoms with Gasteiger partial charge in [0.05, 0.1) is 5.54 Å². The van der Waals surface area contributed by atoms with Crippen LogP contribution >= 0.6 is 0 Å². The van der Waals surface area contributed by atoms with E-state index in [0.717, 1.165) is 32.6 Å². The minimum Gasteiger partial charge on any atom is -0.381 e. The maximum absolute atomic E-state index is 12.0. The summed E-state index contributed by atoms with van der Waals surface area (Å²) in [5, 5.41) is 2.99. The van der Waals surface area contributed by atoms with Gasteiger partial charge in [0.15, 0.2) is 0 Å². The molecule has 2 saturated heterocycles. The molecule has 0 bridgehead atoms. The third-order valence-corrected chi connectivity index (χ3v) is 3.73. The standard InChI is InChI=1S/C12H22N2O3/c13-12(3-7-17-8-4-12)11(15)14-9-10-1-5-16-6-2-10/h10H,1-9,13H2,(H,14,15). The number of carbonyl (C=O) groups excluding carboxylic acids is 1. The highest BCUT2D eigenvalue weighted by Crippen LogP contribution is 2.18. The fourth-order valence-electron chi connectivity index (χ4n) is 2.33. The Labute approximate surface area is 102 Å². The van der Waals surface area contributed by atoms with Gasteiger partial charge in [0.1, 0.15) is 0 Å². The molecule has 5 heteroatoms. The van der Waals surface area contributed by atoms with Gasteiger partial charge in [-0.3, -0.25) is 4.79 Å². The SMILES string of the molecule is NC1(C(=O)NCC2CCOCC2)CCOCC1. The van der Waals surface area contributed by atoms with Gasteiger partial charge in [0, 0.05) is 33.0 Å². The molecular formula is C12H22N2O3. The Morgan fingerprint density at radius 2 is 1.76 bits per heavy atom. The zero-order chi connectivity index (χ0) is 12.1. The molecule has 0 aromatic heterocycles. The minimum atomic E-state index is -0.719. The molecule has 0 atom stereocenters. The molecule has 2 fully saturated rings. The second-order valence-corrected chi connectivity index (χ2v) is 5.03. The Morgan fingerprint density at radius 3 is 2.41 bits per heavy atom. The Morgan fingerprint density at radius 1 is 1.18 bits per heavy atom. The summed E-state index contributed by atoms with van der Waals surface area (Å²) in [6.07, 6.45) is 3.29. The number of ether oxygens (including phenoxy) is 2. The number of amides is 1. The van der Waals surface area contributed by atoms with E-state index in [1.807, 2.05) is 0 Å². The third kappa shape index (κ3) is 3.40. The van der Waals surface area contributed by atoms with E-state index in [1.54, 1.807) is 0 Å². The van der Waals surface area contributed by atoms with Crippen molar-refractivity contribution in [1.82, 2.24) is 5.32 Å². The van der Waals surface area contributed by atoms with Crippen LogP contribution in [0.2, 0.25) is 0 Å². The highest BCUT2D eigenvalue weighted by Gasteiger charge is 2.35. The number of carbonyl (C=O) groups is 1. The first kappa shape index (κ1) is 12.8. The van der Waals surface area contributed by atoms with Crippen LogP contribution in [0.25, 0.3) is 0 Å². The van der Waals surface area contributed by atoms with Crippen LogP contribution in [-0.2, 0) is 14.3 Å². The number of nitrogens with two attached hydrogens (primary N) is 1. The molecule has 1 amide bonds. The second-order valence-electron chi connectivity index (χ2n) is 5.03. The van der Waals surface area contributed by atoms with Crippen LogP contribution in [0.3, 0.4) is 0 Å². The second kappa shape index (κ2) is 5.80. The first-order valence-electron chi connectivity index (χ1n) is 6.43. The van der Waals surface area contributed by atoms with E-state index < -0.39 is 5.54 Å². The van der Waals surface area contributed by atoms with Gasteiger partial charge in [-0.05, 0) is 31.6 Å². The molecular weight excluding hydrogens is 220 g/mol. The molecule has 2 aliphatic rings. The monoisotopic (exact) mass is 242 g/mol. The van der Waals surface area contributed by atoms with Crippen LogP contribution < -0.4 is 11.1 Å². The summed E-state index contributed by atoms with van der Waals surface area (Å²) in [6, 6.07) is 0. The number of rotatable bonds is 3. The summed E-state index contributed by atoms with van der Waals surface area (Å²) in [6.45, 7) is 3.51. The lowest BCUT2D eigenvalue weighted by Crippen LogP contribution is -2.57. The van der Waals surface area contributed by atoms with Crippen LogP contribution in [0.1, 0.15) is 25.7 Å². The maximum atomic E-state index is 12.0. The molecule has 0 aromatic carbocycles. The molecule has 98 valence electrons. The fraction of sp³-hybridized carbons (Fsp3) is 0.917. The molecule has 0 saturated carbocycles. The summed E-state index contributed by atoms with van der Waals surface area (Å²) in [4.78, 5) is 12.0. The number of hydrogen-bond donors (Lipinski definition) is 2. The molecule has 17 heavy (non-hydrogen) atoms. The summed E-state index contributed by atoms with van der Waals surface area (Å²) in [5.41, 5.74) is 5.38. The number of hydrogen-bond acceptors (Lipinski definition) is 4. The van der Waals surface area contributed by atoms with E-state index >= 15 is 0 Å². The van der Waals surface area contributed by atoms with Crippen molar-refractivity contribution < 1.29 is 14.3 Å². The minimum absolute atomic E-state index is 0.0210. The Kier molecular flexibility index (Phi) is 4.36. The van der Waals surface area contributed by atoms with Crippen LogP contribution in [0.4, 0.5) is 0 Å². The molecule has 5 nitrogen and oxygen atoms in total. The van der Waals surface area contributed by atoms with E-state index in [9.17, 15) is 4.79 Å². The third-order valence-electron chi connectivity index (χ3n) is 3.73. The quantitative estimate of drug-likeness (QED) is 0.732. The van der Waals surface area contributed by atoms with Crippen molar-refractivity contribution in [1.29, 1.82) is 0 Å². The fourth-order valence-corrected chi connectivity index (χ4v) is 2.33. The van der Waals surface area contributed by atoms with Crippen molar-refractivity contribution in [2.24, 2.45) is 11.7 Å². The topological polar surface area (TPSA) is 73.6 Å². The van der Waals surface area contributed by atoms with E-state index in [2.05, 4.69) is 5.32 Å². The molecule has 3 N–H and O–H groups in total. The van der Waals surface area contributed by atoms with Gasteiger partial charge in [0.2, 0.25) is 5.91 Å². The average Bonchev–Trinajstić information content (AvgIpc) is 2.38. The first-order chi connectivity index (χ1) is 8.21. The van der Waals surface area contributed by atoms with Crippen LogP contribution in [0.15, 0.2) is 0 Å². The lowest BCUT2D eigenvalue weighted by molar-refractivity contribution is -0.130. The normalized spacial score (nSPS) is 25.5. The van der Waals surface area contributed by atoms with Gasteiger partial charge in [-0.1, -0.05) is 0 Å². The summed E-state index contributed by atoms with van der Waals surface area (Å²) < 4.78 is 10.5. The lowest BCUT2D eigenvalue weighted by Gasteiger charge is -2.32. The van der Waals surface area contributed by atoms with Crippen molar-refractivity contribution in [3.63, 3.8) is 0 Å². The Hall–Kier alpha value is -0.650. The van der Waals surface area contributed by atoms with Crippen LogP contribution in [0, 0.1) is 5.92 Å². The predicted octanol–water partition coefficient (Wildman–Crippen LogP) is 0.0371. The summed E-state index contributed by atoms with van der Waals surface area (Å²) >= 11 is 0. The maximum Gasteiger partial charge on any atom is 0.240 e. The van der Waals surface area contributed by atoms with E-state index in [1.165, 1.54) is 0 Å². The zero-order valence-electron chi connectivity index (χ0n) is 10.2. The molecule has 2 rings (SSSR count).